The summed E-state index contributed by atoms with van der Waals surface area (Å²) in [4.78, 5) is 23.1. The zero-order valence-electron chi connectivity index (χ0n) is 38.3. The zero-order chi connectivity index (χ0) is 44.4. The lowest BCUT2D eigenvalue weighted by Crippen LogP contribution is -2.46. The standard InChI is InChI=1S/C46H72N10O5P/c1-45(2,3)39(47)27-49-25-33(23-31-15-19-55(20-16-31)43-35-11-9-13-37(58-7)41(35)51-29-53-43)60-62(57)61-34(26-50-28-40(48)46(4,5)6)24-32-17-21-56(22-18-32)44-36-12-10-14-38(59-8)42(36)52-30-54-44/h9-14,29-34,39-40,49-50H,15-28,47-48H2,1-8H3/q+1/t33?,34?,39-,40-/m1/s1. The van der Waals surface area contributed by atoms with Gasteiger partial charge < -0.3 is 41.4 Å². The molecule has 6 N–H and O–H groups in total. The minimum atomic E-state index is -2.43. The number of nitrogens with two attached hydrogens (primary N) is 2. The van der Waals surface area contributed by atoms with Crippen LogP contribution in [0.2, 0.25) is 0 Å². The summed E-state index contributed by atoms with van der Waals surface area (Å²) >= 11 is 0. The Morgan fingerprint density at radius 2 is 1.03 bits per heavy atom. The molecule has 15 nitrogen and oxygen atoms in total. The Kier molecular flexibility index (Phi) is 16.7. The van der Waals surface area contributed by atoms with Crippen molar-refractivity contribution >= 4 is 41.7 Å². The lowest BCUT2D eigenvalue weighted by molar-refractivity contribution is 0.0954. The number of hydrogen-bond donors (Lipinski definition) is 4. The van der Waals surface area contributed by atoms with E-state index >= 15 is 0 Å². The largest absolute Gasteiger partial charge is 0.698 e. The number of anilines is 2. The van der Waals surface area contributed by atoms with Gasteiger partial charge in [0.15, 0.2) is 0 Å². The van der Waals surface area contributed by atoms with Gasteiger partial charge in [0.1, 0.15) is 59.0 Å². The van der Waals surface area contributed by atoms with Crippen LogP contribution in [0.3, 0.4) is 0 Å². The number of aromatic nitrogens is 4. The SMILES string of the molecule is COc1cccc2c(N3CCC(CC(CNC[C@@H](N)C(C)(C)C)O[P+](=O)OC(CNC[C@@H](N)C(C)(C)C)CC4CCN(c5ncnc6c(OC)cccc56)CC4)CC3)ncnc12. The molecule has 2 saturated heterocycles. The number of benzene rings is 2. The van der Waals surface area contributed by atoms with Crippen molar-refractivity contribution in [1.82, 2.24) is 30.6 Å². The van der Waals surface area contributed by atoms with Crippen LogP contribution in [0.4, 0.5) is 11.6 Å². The van der Waals surface area contributed by atoms with E-state index in [9.17, 15) is 4.57 Å². The van der Waals surface area contributed by atoms with Crippen molar-refractivity contribution in [2.75, 3.05) is 76.4 Å². The third-order valence-electron chi connectivity index (χ3n) is 12.8. The quantitative estimate of drug-likeness (QED) is 0.0674. The third-order valence-corrected chi connectivity index (χ3v) is 13.8. The molecule has 0 bridgehead atoms. The van der Waals surface area contributed by atoms with E-state index in [0.29, 0.717) is 38.0 Å². The van der Waals surface area contributed by atoms with Gasteiger partial charge in [-0.1, -0.05) is 53.7 Å². The molecule has 4 aromatic rings. The minimum Gasteiger partial charge on any atom is -0.494 e. The maximum atomic E-state index is 14.0. The van der Waals surface area contributed by atoms with E-state index in [-0.39, 0.29) is 35.1 Å². The molecule has 4 heterocycles. The van der Waals surface area contributed by atoms with Crippen molar-refractivity contribution in [2.24, 2.45) is 34.1 Å². The van der Waals surface area contributed by atoms with Crippen molar-refractivity contribution in [3.8, 4) is 11.5 Å². The maximum Gasteiger partial charge on any atom is 0.698 e. The molecule has 0 aliphatic carbocycles. The topological polar surface area (TPSA) is 188 Å². The molecular weight excluding hydrogens is 804 g/mol. The van der Waals surface area contributed by atoms with Crippen molar-refractivity contribution in [3.05, 3.63) is 49.1 Å². The van der Waals surface area contributed by atoms with Crippen molar-refractivity contribution in [1.29, 1.82) is 0 Å². The van der Waals surface area contributed by atoms with Gasteiger partial charge in [-0.25, -0.2) is 19.9 Å². The monoisotopic (exact) mass is 876 g/mol. The van der Waals surface area contributed by atoms with E-state index in [0.717, 1.165) is 110 Å². The van der Waals surface area contributed by atoms with Crippen molar-refractivity contribution < 1.29 is 23.1 Å². The predicted octanol–water partition coefficient (Wildman–Crippen LogP) is 6.86. The first-order valence-electron chi connectivity index (χ1n) is 22.4. The Hall–Kier alpha value is -3.82. The summed E-state index contributed by atoms with van der Waals surface area (Å²) < 4.78 is 38.0. The smallest absolute Gasteiger partial charge is 0.494 e. The van der Waals surface area contributed by atoms with Crippen LogP contribution in [-0.2, 0) is 13.6 Å². The number of fused-ring (bicyclic) bond motifs is 2. The van der Waals surface area contributed by atoms with Crippen LogP contribution in [0.1, 0.15) is 80.1 Å². The van der Waals surface area contributed by atoms with Crippen LogP contribution in [0, 0.1) is 22.7 Å². The Bertz CT molecular complexity index is 1910. The molecule has 62 heavy (non-hydrogen) atoms. The van der Waals surface area contributed by atoms with Gasteiger partial charge in [-0.2, -0.15) is 0 Å². The summed E-state index contributed by atoms with van der Waals surface area (Å²) in [5.74, 6) is 4.06. The predicted molar refractivity (Wildman–Crippen MR) is 249 cm³/mol. The number of para-hydroxylation sites is 2. The second-order valence-corrected chi connectivity index (χ2v) is 20.2. The first-order valence-corrected chi connectivity index (χ1v) is 23.5. The molecule has 340 valence electrons. The molecule has 0 spiro atoms. The molecule has 2 aromatic carbocycles. The maximum absolute atomic E-state index is 14.0. The Morgan fingerprint density at radius 1 is 0.645 bits per heavy atom. The average molecular weight is 876 g/mol. The number of nitrogens with zero attached hydrogens (tertiary/aromatic N) is 6. The highest BCUT2D eigenvalue weighted by atomic mass is 31.1. The van der Waals surface area contributed by atoms with Crippen LogP contribution in [0.15, 0.2) is 49.1 Å². The molecule has 2 aromatic heterocycles. The number of piperidine rings is 2. The molecule has 2 aliphatic heterocycles. The number of ether oxygens (including phenoxy) is 2. The summed E-state index contributed by atoms with van der Waals surface area (Å²) in [6.45, 7) is 18.5. The van der Waals surface area contributed by atoms with Crippen LogP contribution in [0.5, 0.6) is 11.5 Å². The lowest BCUT2D eigenvalue weighted by atomic mass is 9.87. The number of nitrogens with one attached hydrogen (secondary N) is 2. The van der Waals surface area contributed by atoms with E-state index in [1.165, 1.54) is 0 Å². The number of methoxy groups -OCH3 is 2. The van der Waals surface area contributed by atoms with Gasteiger partial charge in [0, 0.05) is 79.8 Å². The van der Waals surface area contributed by atoms with Crippen LogP contribution in [-0.4, -0.2) is 111 Å². The van der Waals surface area contributed by atoms with E-state index in [2.05, 4.69) is 94.0 Å². The van der Waals surface area contributed by atoms with Gasteiger partial charge in [0.25, 0.3) is 0 Å². The second-order valence-electron chi connectivity index (χ2n) is 19.4. The Labute approximate surface area is 369 Å². The van der Waals surface area contributed by atoms with Crippen molar-refractivity contribution in [2.45, 2.75) is 104 Å². The van der Waals surface area contributed by atoms with Gasteiger partial charge in [-0.05, 0) is 85.5 Å². The molecular formula is C46H72N10O5P+. The van der Waals surface area contributed by atoms with Crippen LogP contribution >= 0.6 is 8.25 Å². The van der Waals surface area contributed by atoms with Gasteiger partial charge in [0.2, 0.25) is 0 Å². The van der Waals surface area contributed by atoms with Crippen LogP contribution < -0.4 is 41.4 Å². The van der Waals surface area contributed by atoms with E-state index < -0.39 is 8.25 Å². The molecule has 2 fully saturated rings. The van der Waals surface area contributed by atoms with Crippen LogP contribution in [0.25, 0.3) is 21.8 Å². The first-order chi connectivity index (χ1) is 29.6. The summed E-state index contributed by atoms with van der Waals surface area (Å²) in [5, 5.41) is 9.06. The Balaban J connectivity index is 1.09. The number of hydrogen-bond acceptors (Lipinski definition) is 15. The average Bonchev–Trinajstić information content (AvgIpc) is 3.25. The molecule has 0 radical (unpaired) electrons. The fourth-order valence-corrected chi connectivity index (χ4v) is 9.30. The van der Waals surface area contributed by atoms with Gasteiger partial charge in [-0.3, -0.25) is 0 Å². The second kappa shape index (κ2) is 21.7. The fourth-order valence-electron chi connectivity index (χ4n) is 8.44. The van der Waals surface area contributed by atoms with Gasteiger partial charge in [-0.15, -0.1) is 9.05 Å². The zero-order valence-corrected chi connectivity index (χ0v) is 39.2. The summed E-state index contributed by atoms with van der Waals surface area (Å²) in [6.07, 6.45) is 7.89. The molecule has 2 aliphatic rings. The molecule has 4 atom stereocenters. The first kappa shape index (κ1) is 47.7. The highest BCUT2D eigenvalue weighted by Crippen LogP contribution is 2.38. The van der Waals surface area contributed by atoms with E-state index in [1.807, 2.05) is 24.3 Å². The molecule has 2 unspecified atom stereocenters. The third kappa shape index (κ3) is 12.7. The Morgan fingerprint density at radius 3 is 1.39 bits per heavy atom. The fraction of sp³-hybridized carbons (Fsp3) is 0.652. The molecule has 16 heteroatoms. The van der Waals surface area contributed by atoms with E-state index in [4.69, 9.17) is 30.0 Å². The highest BCUT2D eigenvalue weighted by Gasteiger charge is 2.36. The number of rotatable bonds is 20. The molecule has 0 amide bonds. The highest BCUT2D eigenvalue weighted by molar-refractivity contribution is 7.33. The molecule has 6 rings (SSSR count). The van der Waals surface area contributed by atoms with E-state index in [1.54, 1.807) is 26.9 Å². The van der Waals surface area contributed by atoms with Crippen molar-refractivity contribution in [3.63, 3.8) is 0 Å². The minimum absolute atomic E-state index is 0.0463. The van der Waals surface area contributed by atoms with Gasteiger partial charge in [0.05, 0.1) is 14.2 Å². The summed E-state index contributed by atoms with van der Waals surface area (Å²) in [6, 6.07) is 11.8. The summed E-state index contributed by atoms with van der Waals surface area (Å²) in [7, 11) is 0.898. The summed E-state index contributed by atoms with van der Waals surface area (Å²) in [5.41, 5.74) is 14.6. The lowest BCUT2D eigenvalue weighted by Gasteiger charge is -2.34. The normalized spacial score (nSPS) is 18.2. The molecule has 0 saturated carbocycles. The van der Waals surface area contributed by atoms with Gasteiger partial charge >= 0.3 is 8.25 Å².